The van der Waals surface area contributed by atoms with E-state index in [1.165, 1.54) is 0 Å². The van der Waals surface area contributed by atoms with Crippen molar-refractivity contribution in [2.45, 2.75) is 20.3 Å². The lowest BCUT2D eigenvalue weighted by Gasteiger charge is -2.13. The fourth-order valence-corrected chi connectivity index (χ4v) is 2.23. The first-order valence-electron chi connectivity index (χ1n) is 8.02. The maximum atomic E-state index is 11.5. The van der Waals surface area contributed by atoms with Gasteiger partial charge in [0.05, 0.1) is 7.11 Å². The van der Waals surface area contributed by atoms with Crippen LogP contribution in [-0.2, 0) is 11.2 Å². The van der Waals surface area contributed by atoms with Crippen molar-refractivity contribution in [2.24, 2.45) is 10.9 Å². The van der Waals surface area contributed by atoms with Gasteiger partial charge < -0.3 is 20.7 Å². The molecule has 0 radical (unpaired) electrons. The Balaban J connectivity index is 0.00000576. The van der Waals surface area contributed by atoms with E-state index in [9.17, 15) is 4.79 Å². The van der Waals surface area contributed by atoms with Crippen molar-refractivity contribution in [3.8, 4) is 5.75 Å². The molecule has 0 atom stereocenters. The molecule has 142 valence electrons. The molecule has 0 aromatic heterocycles. The van der Waals surface area contributed by atoms with E-state index in [1.54, 1.807) is 20.2 Å². The Labute approximate surface area is 172 Å². The van der Waals surface area contributed by atoms with E-state index >= 15 is 0 Å². The molecule has 0 fully saturated rings. The maximum Gasteiger partial charge on any atom is 0.222 e. The average Bonchev–Trinajstić information content (AvgIpc) is 2.57. The van der Waals surface area contributed by atoms with E-state index in [2.05, 4.69) is 20.9 Å². The van der Waals surface area contributed by atoms with Gasteiger partial charge in [0.1, 0.15) is 5.75 Å². The molecular weight excluding hydrogens is 455 g/mol. The van der Waals surface area contributed by atoms with Crippen molar-refractivity contribution < 1.29 is 9.53 Å². The number of rotatable bonds is 8. The van der Waals surface area contributed by atoms with E-state index in [0.717, 1.165) is 17.7 Å². The summed E-state index contributed by atoms with van der Waals surface area (Å²) in [4.78, 5) is 15.6. The smallest absolute Gasteiger partial charge is 0.222 e. The van der Waals surface area contributed by atoms with Crippen molar-refractivity contribution in [2.75, 3.05) is 33.8 Å². The van der Waals surface area contributed by atoms with Crippen LogP contribution in [0.15, 0.2) is 23.2 Å². The molecule has 0 spiro atoms. The second-order valence-electron chi connectivity index (χ2n) is 5.58. The molecule has 0 aliphatic rings. The standard InChI is InChI=1S/C17H27ClN4O2.HI/c1-12(2)16(23)20-9-10-22-17(19-3)21-8-7-13-5-6-14(24-4)11-15(13)18;/h5-6,11-12H,7-10H2,1-4H3,(H,20,23)(H2,19,21,22);1H. The number of guanidine groups is 1. The van der Waals surface area contributed by atoms with Gasteiger partial charge in [0.2, 0.25) is 5.91 Å². The Morgan fingerprint density at radius 3 is 2.40 bits per heavy atom. The number of hydrogen-bond acceptors (Lipinski definition) is 3. The Morgan fingerprint density at radius 1 is 1.20 bits per heavy atom. The van der Waals surface area contributed by atoms with Crippen LogP contribution in [-0.4, -0.2) is 45.7 Å². The minimum atomic E-state index is -0.00307. The van der Waals surface area contributed by atoms with Crippen molar-refractivity contribution in [1.29, 1.82) is 0 Å². The maximum absolute atomic E-state index is 11.5. The van der Waals surface area contributed by atoms with Gasteiger partial charge in [0.15, 0.2) is 5.96 Å². The number of aliphatic imine (C=N–C) groups is 1. The van der Waals surface area contributed by atoms with Gasteiger partial charge in [0, 0.05) is 37.6 Å². The van der Waals surface area contributed by atoms with Crippen LogP contribution < -0.4 is 20.7 Å². The Kier molecular flexibility index (Phi) is 12.4. The summed E-state index contributed by atoms with van der Waals surface area (Å²) in [6.45, 7) is 5.61. The number of carbonyl (C=O) groups excluding carboxylic acids is 1. The molecule has 0 bridgehead atoms. The highest BCUT2D eigenvalue weighted by molar-refractivity contribution is 14.0. The second kappa shape index (κ2) is 13.0. The number of nitrogens with one attached hydrogen (secondary N) is 3. The van der Waals surface area contributed by atoms with Gasteiger partial charge in [-0.1, -0.05) is 31.5 Å². The molecule has 0 aliphatic carbocycles. The summed E-state index contributed by atoms with van der Waals surface area (Å²) in [5, 5.41) is 9.91. The molecule has 1 rings (SSSR count). The minimum absolute atomic E-state index is 0. The van der Waals surface area contributed by atoms with E-state index in [-0.39, 0.29) is 35.8 Å². The largest absolute Gasteiger partial charge is 0.497 e. The number of carbonyl (C=O) groups is 1. The summed E-state index contributed by atoms with van der Waals surface area (Å²) < 4.78 is 5.14. The van der Waals surface area contributed by atoms with E-state index in [1.807, 2.05) is 26.0 Å². The van der Waals surface area contributed by atoms with Crippen LogP contribution in [0.3, 0.4) is 0 Å². The zero-order chi connectivity index (χ0) is 17.9. The summed E-state index contributed by atoms with van der Waals surface area (Å²) in [5.41, 5.74) is 1.05. The molecule has 6 nitrogen and oxygen atoms in total. The van der Waals surface area contributed by atoms with Crippen molar-refractivity contribution in [3.63, 3.8) is 0 Å². The van der Waals surface area contributed by atoms with E-state index in [4.69, 9.17) is 16.3 Å². The molecule has 0 heterocycles. The van der Waals surface area contributed by atoms with Crippen LogP contribution in [0, 0.1) is 5.92 Å². The van der Waals surface area contributed by atoms with Crippen LogP contribution in [0.1, 0.15) is 19.4 Å². The van der Waals surface area contributed by atoms with Gasteiger partial charge >= 0.3 is 0 Å². The zero-order valence-corrected chi connectivity index (χ0v) is 18.3. The molecule has 3 N–H and O–H groups in total. The van der Waals surface area contributed by atoms with Crippen LogP contribution >= 0.6 is 35.6 Å². The highest BCUT2D eigenvalue weighted by Crippen LogP contribution is 2.22. The first-order chi connectivity index (χ1) is 11.5. The normalized spacial score (nSPS) is 10.9. The molecule has 0 aliphatic heterocycles. The van der Waals surface area contributed by atoms with Crippen molar-refractivity contribution >= 4 is 47.4 Å². The molecule has 0 unspecified atom stereocenters. The third-order valence-corrected chi connectivity index (χ3v) is 3.76. The third kappa shape index (κ3) is 9.15. The first kappa shape index (κ1) is 23.8. The van der Waals surface area contributed by atoms with Crippen molar-refractivity contribution in [3.05, 3.63) is 28.8 Å². The van der Waals surface area contributed by atoms with E-state index < -0.39 is 0 Å². The highest BCUT2D eigenvalue weighted by Gasteiger charge is 2.06. The molecular formula is C17H28ClIN4O2. The van der Waals surface area contributed by atoms with Crippen LogP contribution in [0.4, 0.5) is 0 Å². The molecule has 0 saturated carbocycles. The fraction of sp³-hybridized carbons (Fsp3) is 0.529. The number of amides is 1. The highest BCUT2D eigenvalue weighted by atomic mass is 127. The summed E-state index contributed by atoms with van der Waals surface area (Å²) in [6, 6.07) is 5.66. The fourth-order valence-electron chi connectivity index (χ4n) is 1.96. The van der Waals surface area contributed by atoms with Gasteiger partial charge in [-0.05, 0) is 24.1 Å². The summed E-state index contributed by atoms with van der Waals surface area (Å²) >= 11 is 6.22. The van der Waals surface area contributed by atoms with E-state index in [0.29, 0.717) is 30.6 Å². The van der Waals surface area contributed by atoms with Gasteiger partial charge in [-0.2, -0.15) is 0 Å². The summed E-state index contributed by atoms with van der Waals surface area (Å²) in [5.74, 6) is 1.49. The molecule has 8 heteroatoms. The number of hydrogen-bond donors (Lipinski definition) is 3. The Hall–Kier alpha value is -1.22. The summed E-state index contributed by atoms with van der Waals surface area (Å²) in [6.07, 6.45) is 0.771. The second-order valence-corrected chi connectivity index (χ2v) is 5.99. The molecule has 1 aromatic rings. The average molecular weight is 483 g/mol. The number of halogens is 2. The van der Waals surface area contributed by atoms with Gasteiger partial charge in [0.25, 0.3) is 0 Å². The van der Waals surface area contributed by atoms with Gasteiger partial charge in [-0.15, -0.1) is 24.0 Å². The lowest BCUT2D eigenvalue weighted by molar-refractivity contribution is -0.123. The summed E-state index contributed by atoms with van der Waals surface area (Å²) in [7, 11) is 3.33. The van der Waals surface area contributed by atoms with Gasteiger partial charge in [-0.3, -0.25) is 9.79 Å². The van der Waals surface area contributed by atoms with Crippen LogP contribution in [0.25, 0.3) is 0 Å². The number of ether oxygens (including phenoxy) is 1. The van der Waals surface area contributed by atoms with Crippen LogP contribution in [0.2, 0.25) is 5.02 Å². The SMILES string of the molecule is CN=C(NCCNC(=O)C(C)C)NCCc1ccc(OC)cc1Cl.I. The lowest BCUT2D eigenvalue weighted by Crippen LogP contribution is -2.42. The first-order valence-corrected chi connectivity index (χ1v) is 8.40. The lowest BCUT2D eigenvalue weighted by atomic mass is 10.1. The Morgan fingerprint density at radius 2 is 1.84 bits per heavy atom. The number of benzene rings is 1. The minimum Gasteiger partial charge on any atom is -0.497 e. The van der Waals surface area contributed by atoms with Gasteiger partial charge in [-0.25, -0.2) is 0 Å². The zero-order valence-electron chi connectivity index (χ0n) is 15.2. The Bertz CT molecular complexity index is 568. The predicted octanol–water partition coefficient (Wildman–Crippen LogP) is 2.45. The topological polar surface area (TPSA) is 74.8 Å². The third-order valence-electron chi connectivity index (χ3n) is 3.41. The quantitative estimate of drug-likeness (QED) is 0.230. The predicted molar refractivity (Wildman–Crippen MR) is 114 cm³/mol. The van der Waals surface area contributed by atoms with Crippen molar-refractivity contribution in [1.82, 2.24) is 16.0 Å². The molecule has 25 heavy (non-hydrogen) atoms. The molecule has 1 amide bonds. The molecule has 1 aromatic carbocycles. The number of nitrogens with zero attached hydrogens (tertiary/aromatic N) is 1. The van der Waals surface area contributed by atoms with Crippen LogP contribution in [0.5, 0.6) is 5.75 Å². The monoisotopic (exact) mass is 482 g/mol. The molecule has 0 saturated heterocycles. The number of methoxy groups -OCH3 is 1.